The average Bonchev–Trinajstić information content (AvgIpc) is 2.39. The summed E-state index contributed by atoms with van der Waals surface area (Å²) in [6, 6.07) is 2.55. The highest BCUT2D eigenvalue weighted by atomic mass is 15.3. The molecule has 0 bridgehead atoms. The number of anilines is 1. The van der Waals surface area contributed by atoms with Gasteiger partial charge in [-0.25, -0.2) is 9.97 Å². The van der Waals surface area contributed by atoms with Crippen molar-refractivity contribution >= 4 is 5.95 Å². The van der Waals surface area contributed by atoms with Gasteiger partial charge in [-0.05, 0) is 19.4 Å². The third-order valence-corrected chi connectivity index (χ3v) is 3.36. The summed E-state index contributed by atoms with van der Waals surface area (Å²) in [5, 5.41) is 0. The van der Waals surface area contributed by atoms with Crippen molar-refractivity contribution in [3.63, 3.8) is 0 Å². The zero-order valence-corrected chi connectivity index (χ0v) is 10.1. The van der Waals surface area contributed by atoms with Crippen LogP contribution in [-0.4, -0.2) is 47.1 Å². The quantitative estimate of drug-likeness (QED) is 0.770. The summed E-state index contributed by atoms with van der Waals surface area (Å²) in [6.07, 6.45) is 4.84. The maximum Gasteiger partial charge on any atom is 0.225 e. The first-order chi connectivity index (χ1) is 7.81. The Balaban J connectivity index is 1.91. The van der Waals surface area contributed by atoms with Gasteiger partial charge in [0.15, 0.2) is 0 Å². The Labute approximate surface area is 97.3 Å². The molecule has 1 aromatic rings. The Hall–Kier alpha value is -1.16. The van der Waals surface area contributed by atoms with E-state index in [0.717, 1.165) is 32.1 Å². The number of rotatable bonds is 3. The van der Waals surface area contributed by atoms with Crippen LogP contribution in [0.1, 0.15) is 20.3 Å². The third kappa shape index (κ3) is 2.50. The molecule has 0 aromatic carbocycles. The first kappa shape index (κ1) is 11.3. The minimum absolute atomic E-state index is 0.693. The van der Waals surface area contributed by atoms with Gasteiger partial charge in [0.1, 0.15) is 0 Å². The molecular weight excluding hydrogens is 200 g/mol. The Bertz CT molecular complexity index is 306. The van der Waals surface area contributed by atoms with Gasteiger partial charge >= 0.3 is 0 Å². The maximum atomic E-state index is 4.29. The van der Waals surface area contributed by atoms with Crippen LogP contribution in [0.25, 0.3) is 0 Å². The molecule has 1 saturated heterocycles. The van der Waals surface area contributed by atoms with Gasteiger partial charge in [0.25, 0.3) is 0 Å². The molecule has 0 spiro atoms. The number of nitrogens with zero attached hydrogens (tertiary/aromatic N) is 4. The fourth-order valence-corrected chi connectivity index (χ4v) is 2.08. The van der Waals surface area contributed by atoms with Gasteiger partial charge < -0.3 is 4.90 Å². The molecule has 2 rings (SSSR count). The first-order valence-corrected chi connectivity index (χ1v) is 6.07. The highest BCUT2D eigenvalue weighted by molar-refractivity contribution is 5.29. The van der Waals surface area contributed by atoms with Crippen LogP contribution in [-0.2, 0) is 0 Å². The van der Waals surface area contributed by atoms with Crippen LogP contribution >= 0.6 is 0 Å². The summed E-state index contributed by atoms with van der Waals surface area (Å²) < 4.78 is 0. The summed E-state index contributed by atoms with van der Waals surface area (Å²) >= 11 is 0. The summed E-state index contributed by atoms with van der Waals surface area (Å²) in [5.74, 6) is 0.867. The molecule has 0 radical (unpaired) electrons. The molecule has 0 aliphatic carbocycles. The molecule has 0 N–H and O–H groups in total. The van der Waals surface area contributed by atoms with Crippen molar-refractivity contribution in [1.82, 2.24) is 14.9 Å². The Morgan fingerprint density at radius 3 is 2.38 bits per heavy atom. The van der Waals surface area contributed by atoms with E-state index in [1.54, 1.807) is 0 Å². The minimum Gasteiger partial charge on any atom is -0.338 e. The van der Waals surface area contributed by atoms with E-state index in [2.05, 4.69) is 33.6 Å². The van der Waals surface area contributed by atoms with Gasteiger partial charge in [0.05, 0.1) is 0 Å². The molecular formula is C12H20N4. The van der Waals surface area contributed by atoms with E-state index in [1.807, 2.05) is 18.5 Å². The average molecular weight is 220 g/mol. The monoisotopic (exact) mass is 220 g/mol. The summed E-state index contributed by atoms with van der Waals surface area (Å²) in [5.41, 5.74) is 0. The predicted molar refractivity (Wildman–Crippen MR) is 65.6 cm³/mol. The van der Waals surface area contributed by atoms with Gasteiger partial charge in [-0.1, -0.05) is 6.92 Å². The highest BCUT2D eigenvalue weighted by Gasteiger charge is 2.21. The molecule has 1 aromatic heterocycles. The van der Waals surface area contributed by atoms with E-state index in [0.29, 0.717) is 6.04 Å². The van der Waals surface area contributed by atoms with Crippen molar-refractivity contribution in [2.45, 2.75) is 26.3 Å². The van der Waals surface area contributed by atoms with Gasteiger partial charge in [-0.15, -0.1) is 0 Å². The lowest BCUT2D eigenvalue weighted by Gasteiger charge is -2.37. The van der Waals surface area contributed by atoms with Crippen LogP contribution in [0.3, 0.4) is 0 Å². The Kier molecular flexibility index (Phi) is 3.72. The van der Waals surface area contributed by atoms with Crippen molar-refractivity contribution < 1.29 is 0 Å². The topological polar surface area (TPSA) is 32.3 Å². The van der Waals surface area contributed by atoms with E-state index in [1.165, 1.54) is 6.42 Å². The molecule has 16 heavy (non-hydrogen) atoms. The molecule has 88 valence electrons. The van der Waals surface area contributed by atoms with E-state index in [-0.39, 0.29) is 0 Å². The van der Waals surface area contributed by atoms with Gasteiger partial charge in [-0.2, -0.15) is 0 Å². The molecule has 2 heterocycles. The van der Waals surface area contributed by atoms with Gasteiger partial charge in [0.2, 0.25) is 5.95 Å². The standard InChI is InChI=1S/C12H20N4/c1-3-11(2)15-7-9-16(10-8-15)12-13-5-4-6-14-12/h4-6,11H,3,7-10H2,1-2H3/t11-/m0/s1. The second kappa shape index (κ2) is 5.25. The lowest BCUT2D eigenvalue weighted by Crippen LogP contribution is -2.49. The number of hydrogen-bond acceptors (Lipinski definition) is 4. The molecule has 4 nitrogen and oxygen atoms in total. The molecule has 1 atom stereocenters. The van der Waals surface area contributed by atoms with E-state index in [9.17, 15) is 0 Å². The Morgan fingerprint density at radius 2 is 1.81 bits per heavy atom. The highest BCUT2D eigenvalue weighted by Crippen LogP contribution is 2.12. The predicted octanol–water partition coefficient (Wildman–Crippen LogP) is 1.40. The normalized spacial score (nSPS) is 19.8. The van der Waals surface area contributed by atoms with Crippen LogP contribution in [0.4, 0.5) is 5.95 Å². The summed E-state index contributed by atoms with van der Waals surface area (Å²) in [7, 11) is 0. The van der Waals surface area contributed by atoms with Crippen LogP contribution < -0.4 is 4.90 Å². The molecule has 1 fully saturated rings. The summed E-state index contributed by atoms with van der Waals surface area (Å²) in [6.45, 7) is 8.86. The lowest BCUT2D eigenvalue weighted by atomic mass is 10.2. The smallest absolute Gasteiger partial charge is 0.225 e. The van der Waals surface area contributed by atoms with Crippen LogP contribution in [0.5, 0.6) is 0 Å². The van der Waals surface area contributed by atoms with Crippen LogP contribution in [0, 0.1) is 0 Å². The Morgan fingerprint density at radius 1 is 1.19 bits per heavy atom. The molecule has 4 heteroatoms. The minimum atomic E-state index is 0.693. The number of aromatic nitrogens is 2. The van der Waals surface area contributed by atoms with Gasteiger partial charge in [0, 0.05) is 44.6 Å². The number of piperazine rings is 1. The van der Waals surface area contributed by atoms with E-state index in [4.69, 9.17) is 0 Å². The zero-order valence-electron chi connectivity index (χ0n) is 10.1. The van der Waals surface area contributed by atoms with Crippen LogP contribution in [0.2, 0.25) is 0 Å². The third-order valence-electron chi connectivity index (χ3n) is 3.36. The fourth-order valence-electron chi connectivity index (χ4n) is 2.08. The fraction of sp³-hybridized carbons (Fsp3) is 0.667. The zero-order chi connectivity index (χ0) is 11.4. The molecule has 1 aliphatic heterocycles. The molecule has 0 saturated carbocycles. The second-order valence-electron chi connectivity index (χ2n) is 4.33. The number of hydrogen-bond donors (Lipinski definition) is 0. The van der Waals surface area contributed by atoms with Gasteiger partial charge in [-0.3, -0.25) is 4.90 Å². The summed E-state index contributed by atoms with van der Waals surface area (Å²) in [4.78, 5) is 13.4. The molecule has 0 unspecified atom stereocenters. The molecule has 0 amide bonds. The lowest BCUT2D eigenvalue weighted by molar-refractivity contribution is 0.192. The second-order valence-corrected chi connectivity index (χ2v) is 4.33. The largest absolute Gasteiger partial charge is 0.338 e. The van der Waals surface area contributed by atoms with Crippen LogP contribution in [0.15, 0.2) is 18.5 Å². The van der Waals surface area contributed by atoms with Crippen molar-refractivity contribution in [2.24, 2.45) is 0 Å². The van der Waals surface area contributed by atoms with E-state index >= 15 is 0 Å². The van der Waals surface area contributed by atoms with Crippen molar-refractivity contribution in [3.05, 3.63) is 18.5 Å². The maximum absolute atomic E-state index is 4.29. The molecule has 1 aliphatic rings. The van der Waals surface area contributed by atoms with Crippen molar-refractivity contribution in [3.8, 4) is 0 Å². The van der Waals surface area contributed by atoms with Crippen molar-refractivity contribution in [2.75, 3.05) is 31.1 Å². The first-order valence-electron chi connectivity index (χ1n) is 6.07. The SMILES string of the molecule is CC[C@H](C)N1CCN(c2ncccn2)CC1. The van der Waals surface area contributed by atoms with E-state index < -0.39 is 0 Å². The van der Waals surface area contributed by atoms with Crippen molar-refractivity contribution in [1.29, 1.82) is 0 Å².